The number of carbonyl (C=O) groups excluding carboxylic acids is 1. The van der Waals surface area contributed by atoms with E-state index in [1.54, 1.807) is 12.1 Å². The number of ketones is 1. The maximum atomic E-state index is 11.2. The Labute approximate surface area is 71.6 Å². The van der Waals surface area contributed by atoms with Crippen molar-refractivity contribution < 1.29 is 9.21 Å². The fraction of sp³-hybridized carbons (Fsp3) is 0.444. The Hall–Kier alpha value is -1.09. The molecule has 0 bridgehead atoms. The fourth-order valence-electron chi connectivity index (χ4n) is 0.988. The molecule has 0 aliphatic heterocycles. The Kier molecular flexibility index (Phi) is 3.05. The van der Waals surface area contributed by atoms with E-state index >= 15 is 0 Å². The van der Waals surface area contributed by atoms with Crippen molar-refractivity contribution in [3.05, 3.63) is 23.7 Å². The van der Waals surface area contributed by atoms with Crippen LogP contribution in [0.25, 0.3) is 0 Å². The first-order valence-electron chi connectivity index (χ1n) is 4.10. The second kappa shape index (κ2) is 4.07. The Morgan fingerprint density at radius 2 is 2.33 bits per heavy atom. The molecule has 3 heteroatoms. The third kappa shape index (κ3) is 1.95. The molecular weight excluding hydrogens is 154 g/mol. The molecule has 1 heterocycles. The van der Waals surface area contributed by atoms with Gasteiger partial charge in [-0.15, -0.1) is 0 Å². The molecule has 0 fully saturated rings. The summed E-state index contributed by atoms with van der Waals surface area (Å²) in [6, 6.07) is 3.42. The molecule has 0 unspecified atom stereocenters. The largest absolute Gasteiger partial charge is 0.457 e. The van der Waals surface area contributed by atoms with Gasteiger partial charge in [0.1, 0.15) is 5.76 Å². The van der Waals surface area contributed by atoms with Crippen LogP contribution >= 0.6 is 0 Å². The molecule has 0 spiro atoms. The lowest BCUT2D eigenvalue weighted by atomic mass is 10.2. The van der Waals surface area contributed by atoms with Crippen molar-refractivity contribution in [3.63, 3.8) is 0 Å². The highest BCUT2D eigenvalue weighted by atomic mass is 16.3. The molecule has 0 aromatic carbocycles. The highest BCUT2D eigenvalue weighted by Crippen LogP contribution is 2.10. The second-order valence-electron chi connectivity index (χ2n) is 2.64. The van der Waals surface area contributed by atoms with Gasteiger partial charge in [0, 0.05) is 6.42 Å². The van der Waals surface area contributed by atoms with E-state index in [9.17, 15) is 4.79 Å². The van der Waals surface area contributed by atoms with Gasteiger partial charge < -0.3 is 10.2 Å². The zero-order chi connectivity index (χ0) is 8.97. The van der Waals surface area contributed by atoms with Gasteiger partial charge in [-0.3, -0.25) is 4.79 Å². The van der Waals surface area contributed by atoms with Gasteiger partial charge in [0.25, 0.3) is 0 Å². The van der Waals surface area contributed by atoms with E-state index in [2.05, 4.69) is 0 Å². The minimum absolute atomic E-state index is 0.0530. The summed E-state index contributed by atoms with van der Waals surface area (Å²) in [6.45, 7) is 2.31. The highest BCUT2D eigenvalue weighted by molar-refractivity contribution is 5.93. The maximum absolute atomic E-state index is 11.2. The smallest absolute Gasteiger partial charge is 0.197 e. The number of hydrogen-bond donors (Lipinski definition) is 1. The Morgan fingerprint density at radius 3 is 2.83 bits per heavy atom. The molecule has 0 radical (unpaired) electrons. The summed E-state index contributed by atoms with van der Waals surface area (Å²) in [5.41, 5.74) is 5.33. The summed E-state index contributed by atoms with van der Waals surface area (Å²) in [6.07, 6.45) is 1.38. The van der Waals surface area contributed by atoms with E-state index in [4.69, 9.17) is 10.2 Å². The maximum Gasteiger partial charge on any atom is 0.197 e. The predicted molar refractivity (Wildman–Crippen MR) is 45.8 cm³/mol. The highest BCUT2D eigenvalue weighted by Gasteiger charge is 2.08. The van der Waals surface area contributed by atoms with Crippen molar-refractivity contribution in [2.45, 2.75) is 26.3 Å². The molecule has 2 N–H and O–H groups in total. The van der Waals surface area contributed by atoms with Crippen molar-refractivity contribution in [3.8, 4) is 0 Å². The van der Waals surface area contributed by atoms with Gasteiger partial charge in [-0.25, -0.2) is 0 Å². The van der Waals surface area contributed by atoms with Crippen molar-refractivity contribution in [2.24, 2.45) is 5.73 Å². The molecule has 0 aliphatic carbocycles. The standard InChI is InChI=1S/C9H13NO2/c1-2-3-8(11)9-5-4-7(6-10)12-9/h4-5H,2-3,6,10H2,1H3. The van der Waals surface area contributed by atoms with Crippen molar-refractivity contribution in [2.75, 3.05) is 0 Å². The molecule has 3 nitrogen and oxygen atoms in total. The van der Waals surface area contributed by atoms with Crippen LogP contribution in [-0.2, 0) is 6.54 Å². The Morgan fingerprint density at radius 1 is 1.58 bits per heavy atom. The number of rotatable bonds is 4. The van der Waals surface area contributed by atoms with E-state index in [0.717, 1.165) is 6.42 Å². The molecule has 0 saturated carbocycles. The van der Waals surface area contributed by atoms with Crippen LogP contribution in [0.1, 0.15) is 36.1 Å². The summed E-state index contributed by atoms with van der Waals surface area (Å²) in [7, 11) is 0. The van der Waals surface area contributed by atoms with E-state index in [1.807, 2.05) is 6.92 Å². The van der Waals surface area contributed by atoms with Crippen molar-refractivity contribution >= 4 is 5.78 Å². The van der Waals surface area contributed by atoms with Gasteiger partial charge in [-0.1, -0.05) is 6.92 Å². The van der Waals surface area contributed by atoms with Gasteiger partial charge in [-0.2, -0.15) is 0 Å². The van der Waals surface area contributed by atoms with E-state index in [-0.39, 0.29) is 5.78 Å². The number of carbonyl (C=O) groups is 1. The van der Waals surface area contributed by atoms with Crippen LogP contribution in [-0.4, -0.2) is 5.78 Å². The first-order chi connectivity index (χ1) is 5.77. The van der Waals surface area contributed by atoms with E-state index in [1.165, 1.54) is 0 Å². The Balaban J connectivity index is 2.68. The van der Waals surface area contributed by atoms with Gasteiger partial charge in [0.2, 0.25) is 0 Å². The van der Waals surface area contributed by atoms with Gasteiger partial charge >= 0.3 is 0 Å². The number of furan rings is 1. The first kappa shape index (κ1) is 9.00. The number of nitrogens with two attached hydrogens (primary N) is 1. The molecule has 0 saturated heterocycles. The molecule has 1 rings (SSSR count). The molecule has 1 aromatic heterocycles. The quantitative estimate of drug-likeness (QED) is 0.694. The monoisotopic (exact) mass is 167 g/mol. The van der Waals surface area contributed by atoms with Gasteiger partial charge in [0.05, 0.1) is 6.54 Å². The number of Topliss-reactive ketones (excluding diaryl/α,β-unsaturated/α-hetero) is 1. The van der Waals surface area contributed by atoms with E-state index in [0.29, 0.717) is 24.5 Å². The minimum Gasteiger partial charge on any atom is -0.457 e. The normalized spacial score (nSPS) is 10.2. The summed E-state index contributed by atoms with van der Waals surface area (Å²) in [5, 5.41) is 0. The van der Waals surface area contributed by atoms with Crippen LogP contribution in [0, 0.1) is 0 Å². The number of hydrogen-bond acceptors (Lipinski definition) is 3. The average molecular weight is 167 g/mol. The molecule has 66 valence electrons. The van der Waals surface area contributed by atoms with E-state index < -0.39 is 0 Å². The van der Waals surface area contributed by atoms with Crippen LogP contribution in [0.5, 0.6) is 0 Å². The molecule has 0 atom stereocenters. The summed E-state index contributed by atoms with van der Waals surface area (Å²) < 4.78 is 5.17. The molecule has 1 aromatic rings. The Bertz CT molecular complexity index is 265. The molecule has 12 heavy (non-hydrogen) atoms. The van der Waals surface area contributed by atoms with Gasteiger partial charge in [0.15, 0.2) is 11.5 Å². The van der Waals surface area contributed by atoms with Crippen LogP contribution in [0.15, 0.2) is 16.5 Å². The summed E-state index contributed by atoms with van der Waals surface area (Å²) in [4.78, 5) is 11.2. The zero-order valence-electron chi connectivity index (χ0n) is 7.17. The summed E-state index contributed by atoms with van der Waals surface area (Å²) in [5.74, 6) is 1.14. The third-order valence-corrected chi connectivity index (χ3v) is 1.61. The molecule has 0 amide bonds. The van der Waals surface area contributed by atoms with Crippen molar-refractivity contribution in [1.29, 1.82) is 0 Å². The lowest BCUT2D eigenvalue weighted by Gasteiger charge is -1.92. The van der Waals surface area contributed by atoms with Crippen LogP contribution in [0.4, 0.5) is 0 Å². The second-order valence-corrected chi connectivity index (χ2v) is 2.64. The van der Waals surface area contributed by atoms with Crippen LogP contribution in [0.2, 0.25) is 0 Å². The molecular formula is C9H13NO2. The zero-order valence-corrected chi connectivity index (χ0v) is 7.17. The van der Waals surface area contributed by atoms with Crippen molar-refractivity contribution in [1.82, 2.24) is 0 Å². The minimum atomic E-state index is 0.0530. The topological polar surface area (TPSA) is 56.2 Å². The third-order valence-electron chi connectivity index (χ3n) is 1.61. The first-order valence-corrected chi connectivity index (χ1v) is 4.10. The summed E-state index contributed by atoms with van der Waals surface area (Å²) >= 11 is 0. The van der Waals surface area contributed by atoms with Crippen LogP contribution < -0.4 is 5.73 Å². The molecule has 0 aliphatic rings. The predicted octanol–water partition coefficient (Wildman–Crippen LogP) is 1.72. The SMILES string of the molecule is CCCC(=O)c1ccc(CN)o1. The fourth-order valence-corrected chi connectivity index (χ4v) is 0.988. The van der Waals surface area contributed by atoms with Gasteiger partial charge in [-0.05, 0) is 18.6 Å². The average Bonchev–Trinajstić information content (AvgIpc) is 2.52. The lowest BCUT2D eigenvalue weighted by Crippen LogP contribution is -1.96. The van der Waals surface area contributed by atoms with Crippen LogP contribution in [0.3, 0.4) is 0 Å². The lowest BCUT2D eigenvalue weighted by molar-refractivity contribution is 0.0953.